The van der Waals surface area contributed by atoms with Gasteiger partial charge in [-0.05, 0) is 64.0 Å². The van der Waals surface area contributed by atoms with E-state index < -0.39 is 11.9 Å². The van der Waals surface area contributed by atoms with E-state index in [4.69, 9.17) is 15.2 Å². The topological polar surface area (TPSA) is 94.0 Å². The van der Waals surface area contributed by atoms with Crippen molar-refractivity contribution < 1.29 is 19.8 Å². The number of likely N-dealkylation sites (tertiary alicyclic amines) is 1. The molecule has 0 amide bonds. The zero-order valence-corrected chi connectivity index (χ0v) is 17.9. The summed E-state index contributed by atoms with van der Waals surface area (Å²) in [6, 6.07) is 0.804. The second-order valence-corrected chi connectivity index (χ2v) is 9.05. The number of hydrogen-bond donors (Lipinski definition) is 2. The molecule has 1 aromatic heterocycles. The highest BCUT2D eigenvalue weighted by atomic mass is 32.1. The predicted molar refractivity (Wildman–Crippen MR) is 114 cm³/mol. The Hall–Kier alpha value is -1.93. The molecule has 8 heteroatoms. The molecule has 0 saturated carbocycles. The maximum Gasteiger partial charge on any atom is 0.328 e. The van der Waals surface area contributed by atoms with Crippen molar-refractivity contribution in [2.45, 2.75) is 57.9 Å². The van der Waals surface area contributed by atoms with Gasteiger partial charge in [0.15, 0.2) is 5.13 Å². The molecule has 2 atom stereocenters. The lowest BCUT2D eigenvalue weighted by atomic mass is 9.79. The first-order valence-corrected chi connectivity index (χ1v) is 11.4. The average molecular weight is 422 g/mol. The number of anilines is 1. The van der Waals surface area contributed by atoms with Crippen LogP contribution in [0.4, 0.5) is 5.13 Å². The van der Waals surface area contributed by atoms with Gasteiger partial charge in [0, 0.05) is 36.2 Å². The van der Waals surface area contributed by atoms with E-state index in [0.717, 1.165) is 12.0 Å². The molecule has 2 aliphatic heterocycles. The van der Waals surface area contributed by atoms with Crippen molar-refractivity contribution in [3.8, 4) is 0 Å². The van der Waals surface area contributed by atoms with Gasteiger partial charge in [-0.2, -0.15) is 0 Å². The first-order chi connectivity index (χ1) is 14.0. The number of thiazole rings is 1. The van der Waals surface area contributed by atoms with Crippen LogP contribution in [-0.2, 0) is 22.4 Å². The number of aromatic nitrogens is 1. The summed E-state index contributed by atoms with van der Waals surface area (Å²) in [6.07, 6.45) is 10.4. The molecule has 29 heavy (non-hydrogen) atoms. The van der Waals surface area contributed by atoms with Crippen LogP contribution in [0.25, 0.3) is 0 Å². The van der Waals surface area contributed by atoms with Gasteiger partial charge in [0.2, 0.25) is 0 Å². The molecule has 2 N–H and O–H groups in total. The first-order valence-electron chi connectivity index (χ1n) is 10.6. The summed E-state index contributed by atoms with van der Waals surface area (Å²) in [7, 11) is 0. The molecule has 2 saturated heterocycles. The number of rotatable bonds is 5. The molecule has 4 rings (SSSR count). The van der Waals surface area contributed by atoms with Crippen molar-refractivity contribution in [2.75, 3.05) is 31.1 Å². The Morgan fingerprint density at radius 3 is 2.41 bits per heavy atom. The summed E-state index contributed by atoms with van der Waals surface area (Å²) in [6.45, 7) is 7.37. The van der Waals surface area contributed by atoms with Crippen molar-refractivity contribution in [3.63, 3.8) is 0 Å². The summed E-state index contributed by atoms with van der Waals surface area (Å²) in [5.41, 5.74) is 1.45. The third-order valence-corrected chi connectivity index (χ3v) is 7.09. The lowest BCUT2D eigenvalue weighted by molar-refractivity contribution is -0.134. The van der Waals surface area contributed by atoms with Crippen LogP contribution in [-0.4, -0.2) is 64.3 Å². The fourth-order valence-electron chi connectivity index (χ4n) is 4.62. The number of carboxylic acid groups (broad SMARTS) is 2. The molecule has 2 fully saturated rings. The summed E-state index contributed by atoms with van der Waals surface area (Å²) < 4.78 is 0. The molecule has 160 valence electrons. The molecule has 1 aromatic rings. The van der Waals surface area contributed by atoms with E-state index in [1.54, 1.807) is 4.88 Å². The highest BCUT2D eigenvalue weighted by Gasteiger charge is 2.37. The van der Waals surface area contributed by atoms with E-state index in [2.05, 4.69) is 16.7 Å². The third kappa shape index (κ3) is 5.79. The van der Waals surface area contributed by atoms with Gasteiger partial charge in [-0.3, -0.25) is 4.90 Å². The van der Waals surface area contributed by atoms with Crippen LogP contribution in [0.5, 0.6) is 0 Å². The number of carboxylic acids is 2. The third-order valence-electron chi connectivity index (χ3n) is 5.91. The predicted octanol–water partition coefficient (Wildman–Crippen LogP) is 3.04. The van der Waals surface area contributed by atoms with Gasteiger partial charge in [0.25, 0.3) is 0 Å². The monoisotopic (exact) mass is 421 g/mol. The zero-order chi connectivity index (χ0) is 20.8. The van der Waals surface area contributed by atoms with Crippen LogP contribution in [0, 0.1) is 5.92 Å². The molecule has 3 aliphatic rings. The van der Waals surface area contributed by atoms with Crippen LogP contribution < -0.4 is 4.90 Å². The molecule has 0 aromatic carbocycles. The van der Waals surface area contributed by atoms with E-state index in [0.29, 0.717) is 12.2 Å². The summed E-state index contributed by atoms with van der Waals surface area (Å²) in [4.78, 5) is 31.0. The fourth-order valence-corrected chi connectivity index (χ4v) is 5.81. The minimum atomic E-state index is -1.26. The van der Waals surface area contributed by atoms with Crippen LogP contribution in [0.3, 0.4) is 0 Å². The Kier molecular flexibility index (Phi) is 7.66. The second-order valence-electron chi connectivity index (χ2n) is 7.98. The van der Waals surface area contributed by atoms with Crippen molar-refractivity contribution in [1.29, 1.82) is 0 Å². The number of fused-ring (bicyclic) bond motifs is 2. The number of aliphatic carboxylic acids is 2. The van der Waals surface area contributed by atoms with E-state index in [9.17, 15) is 9.59 Å². The Morgan fingerprint density at radius 2 is 1.79 bits per heavy atom. The Labute approximate surface area is 176 Å². The van der Waals surface area contributed by atoms with Crippen LogP contribution in [0.15, 0.2) is 12.2 Å². The molecule has 1 aliphatic carbocycles. The van der Waals surface area contributed by atoms with E-state index in [-0.39, 0.29) is 0 Å². The summed E-state index contributed by atoms with van der Waals surface area (Å²) >= 11 is 2.00. The highest BCUT2D eigenvalue weighted by molar-refractivity contribution is 7.15. The maximum atomic E-state index is 9.55. The molecule has 3 heterocycles. The second kappa shape index (κ2) is 10.2. The summed E-state index contributed by atoms with van der Waals surface area (Å²) in [5.74, 6) is -1.65. The fraction of sp³-hybridized carbons (Fsp3) is 0.667. The molecule has 7 nitrogen and oxygen atoms in total. The molecular weight excluding hydrogens is 390 g/mol. The van der Waals surface area contributed by atoms with Crippen LogP contribution in [0.2, 0.25) is 0 Å². The van der Waals surface area contributed by atoms with Crippen molar-refractivity contribution in [3.05, 3.63) is 22.7 Å². The minimum absolute atomic E-state index is 0.558. The average Bonchev–Trinajstić information content (AvgIpc) is 3.35. The quantitative estimate of drug-likeness (QED) is 0.706. The Balaban J connectivity index is 0.000000258. The number of nitrogens with zero attached hydrogens (tertiary/aromatic N) is 3. The highest BCUT2D eigenvalue weighted by Crippen LogP contribution is 2.39. The van der Waals surface area contributed by atoms with Gasteiger partial charge < -0.3 is 15.1 Å². The van der Waals surface area contributed by atoms with E-state index in [1.165, 1.54) is 82.0 Å². The number of hydrogen-bond acceptors (Lipinski definition) is 6. The molecule has 0 spiro atoms. The Bertz CT molecular complexity index is 724. The minimum Gasteiger partial charge on any atom is -0.478 e. The van der Waals surface area contributed by atoms with Crippen molar-refractivity contribution >= 4 is 28.4 Å². The van der Waals surface area contributed by atoms with Gasteiger partial charge in [-0.1, -0.05) is 6.92 Å². The van der Waals surface area contributed by atoms with Crippen molar-refractivity contribution in [2.24, 2.45) is 5.92 Å². The standard InChI is InChI=1S/C17H27N3S.C4H4O4/c1-2-7-19-10-5-6-13-11-14-16(12-15(13)19)21-17(18-14)20-8-3-4-9-20;5-3(6)1-2-4(7)8/h13,15H,2-12H2,1H3;1-2H,(H,5,6)(H,7,8)/b;2-1-/t13-,15-;/m0./s1. The molecular formula is C21H31N3O4S. The molecule has 0 radical (unpaired) electrons. The maximum absolute atomic E-state index is 9.55. The van der Waals surface area contributed by atoms with Gasteiger partial charge in [-0.25, -0.2) is 14.6 Å². The van der Waals surface area contributed by atoms with Gasteiger partial charge in [-0.15, -0.1) is 11.3 Å². The van der Waals surface area contributed by atoms with Crippen LogP contribution >= 0.6 is 11.3 Å². The smallest absolute Gasteiger partial charge is 0.328 e. The Morgan fingerprint density at radius 1 is 1.10 bits per heavy atom. The summed E-state index contributed by atoms with van der Waals surface area (Å²) in [5, 5.41) is 16.9. The van der Waals surface area contributed by atoms with Gasteiger partial charge in [0.05, 0.1) is 5.69 Å². The lowest BCUT2D eigenvalue weighted by Gasteiger charge is -2.43. The van der Waals surface area contributed by atoms with E-state index in [1.807, 2.05) is 11.3 Å². The zero-order valence-electron chi connectivity index (χ0n) is 17.0. The van der Waals surface area contributed by atoms with Gasteiger partial charge in [0.1, 0.15) is 0 Å². The molecule has 0 unspecified atom stereocenters. The van der Waals surface area contributed by atoms with Crippen molar-refractivity contribution in [1.82, 2.24) is 9.88 Å². The van der Waals surface area contributed by atoms with Gasteiger partial charge >= 0.3 is 11.9 Å². The van der Waals surface area contributed by atoms with E-state index >= 15 is 0 Å². The largest absolute Gasteiger partial charge is 0.478 e. The lowest BCUT2D eigenvalue weighted by Crippen LogP contribution is -2.49. The SMILES string of the molecule is CCCN1CCC[C@H]2Cc3nc(N4CCCC4)sc3C[C@@H]21.O=C(O)/C=C\C(=O)O. The molecule has 0 bridgehead atoms. The number of piperidine rings is 1. The number of carbonyl (C=O) groups is 2. The van der Waals surface area contributed by atoms with Crippen LogP contribution in [0.1, 0.15) is 49.6 Å². The normalized spacial score (nSPS) is 24.0. The first kappa shape index (κ1) is 21.8.